The average molecular weight is 197 g/mol. The van der Waals surface area contributed by atoms with Crippen molar-refractivity contribution in [2.45, 2.75) is 32.6 Å². The Morgan fingerprint density at radius 1 is 1.71 bits per heavy atom. The number of carbonyl (C=O) groups is 1. The predicted octanol–water partition coefficient (Wildman–Crippen LogP) is 1.62. The van der Waals surface area contributed by atoms with E-state index in [-0.39, 0.29) is 5.78 Å². The highest BCUT2D eigenvalue weighted by Gasteiger charge is 2.13. The van der Waals surface area contributed by atoms with Gasteiger partial charge in [0.2, 0.25) is 0 Å². The molecule has 1 atom stereocenters. The van der Waals surface area contributed by atoms with Crippen molar-refractivity contribution in [3.63, 3.8) is 0 Å². The zero-order chi connectivity index (χ0) is 10.4. The maximum Gasteiger partial charge on any atom is 0.161 e. The second kappa shape index (κ2) is 5.81. The van der Waals surface area contributed by atoms with Crippen LogP contribution in [0.5, 0.6) is 0 Å². The maximum atomic E-state index is 11.6. The van der Waals surface area contributed by atoms with E-state index in [0.717, 1.165) is 31.4 Å². The van der Waals surface area contributed by atoms with Crippen LogP contribution in [0.2, 0.25) is 0 Å². The summed E-state index contributed by atoms with van der Waals surface area (Å²) in [4.78, 5) is 11.6. The number of Topliss-reactive ketones (excluding diaryl/α,β-unsaturated/α-hetero) is 1. The number of rotatable bonds is 5. The summed E-state index contributed by atoms with van der Waals surface area (Å²) in [6.07, 6.45) is 4.94. The Morgan fingerprint density at radius 2 is 2.50 bits per heavy atom. The Balaban J connectivity index is 2.30. The Hall–Kier alpha value is -0.830. The number of hydrogen-bond donors (Lipinski definition) is 1. The molecule has 0 fully saturated rings. The van der Waals surface area contributed by atoms with Gasteiger partial charge >= 0.3 is 0 Å². The highest BCUT2D eigenvalue weighted by molar-refractivity contribution is 5.95. The molecule has 0 spiro atoms. The summed E-state index contributed by atoms with van der Waals surface area (Å²) in [5.41, 5.74) is 6.33. The molecule has 80 valence electrons. The van der Waals surface area contributed by atoms with Gasteiger partial charge in [0, 0.05) is 12.0 Å². The number of hydrogen-bond acceptors (Lipinski definition) is 3. The van der Waals surface area contributed by atoms with Crippen LogP contribution in [0.25, 0.3) is 0 Å². The van der Waals surface area contributed by atoms with E-state index in [0.29, 0.717) is 18.9 Å². The fourth-order valence-corrected chi connectivity index (χ4v) is 1.43. The fourth-order valence-electron chi connectivity index (χ4n) is 1.43. The first-order valence-corrected chi connectivity index (χ1v) is 5.28. The van der Waals surface area contributed by atoms with Crippen molar-refractivity contribution in [1.82, 2.24) is 0 Å². The van der Waals surface area contributed by atoms with Crippen molar-refractivity contribution < 1.29 is 9.53 Å². The van der Waals surface area contributed by atoms with E-state index in [9.17, 15) is 4.79 Å². The molecule has 0 bridgehead atoms. The molecule has 1 aliphatic heterocycles. The summed E-state index contributed by atoms with van der Waals surface area (Å²) in [5, 5.41) is 0. The Kier molecular flexibility index (Phi) is 4.66. The quantitative estimate of drug-likeness (QED) is 0.728. The molecule has 0 aromatic heterocycles. The highest BCUT2D eigenvalue weighted by atomic mass is 16.5. The monoisotopic (exact) mass is 197 g/mol. The minimum atomic E-state index is 0.227. The van der Waals surface area contributed by atoms with Gasteiger partial charge in [-0.15, -0.1) is 0 Å². The topological polar surface area (TPSA) is 52.3 Å². The van der Waals surface area contributed by atoms with Crippen LogP contribution in [0, 0.1) is 5.92 Å². The van der Waals surface area contributed by atoms with Crippen LogP contribution < -0.4 is 5.73 Å². The van der Waals surface area contributed by atoms with E-state index < -0.39 is 0 Å². The van der Waals surface area contributed by atoms with Gasteiger partial charge in [-0.25, -0.2) is 0 Å². The normalized spacial score (nSPS) is 18.3. The molecule has 14 heavy (non-hydrogen) atoms. The van der Waals surface area contributed by atoms with Crippen LogP contribution in [0.1, 0.15) is 32.6 Å². The van der Waals surface area contributed by atoms with Gasteiger partial charge in [0.05, 0.1) is 12.9 Å². The number of carbonyl (C=O) groups excluding carboxylic acids is 1. The molecule has 0 amide bonds. The predicted molar refractivity (Wildman–Crippen MR) is 55.7 cm³/mol. The molecular formula is C11H19NO2. The summed E-state index contributed by atoms with van der Waals surface area (Å²) in [7, 11) is 0. The molecule has 0 saturated carbocycles. The molecule has 1 aliphatic rings. The van der Waals surface area contributed by atoms with Gasteiger partial charge in [0.15, 0.2) is 5.78 Å². The SMILES string of the molecule is CC(CN)CCC(=O)C1=COCCC1. The first-order chi connectivity index (χ1) is 6.74. The van der Waals surface area contributed by atoms with Crippen molar-refractivity contribution in [2.24, 2.45) is 11.7 Å². The first-order valence-electron chi connectivity index (χ1n) is 5.28. The second-order valence-electron chi connectivity index (χ2n) is 3.92. The lowest BCUT2D eigenvalue weighted by Gasteiger charge is -2.13. The van der Waals surface area contributed by atoms with Crippen LogP contribution in [0.15, 0.2) is 11.8 Å². The smallest absolute Gasteiger partial charge is 0.161 e. The molecular weight excluding hydrogens is 178 g/mol. The van der Waals surface area contributed by atoms with Crippen LogP contribution in [-0.2, 0) is 9.53 Å². The molecule has 1 unspecified atom stereocenters. The molecule has 1 rings (SSSR count). The van der Waals surface area contributed by atoms with E-state index >= 15 is 0 Å². The van der Waals surface area contributed by atoms with E-state index in [4.69, 9.17) is 10.5 Å². The van der Waals surface area contributed by atoms with Gasteiger partial charge in [-0.05, 0) is 31.7 Å². The number of ether oxygens (including phenoxy) is 1. The molecule has 3 heteroatoms. The largest absolute Gasteiger partial charge is 0.501 e. The molecule has 0 saturated heterocycles. The van der Waals surface area contributed by atoms with Crippen molar-refractivity contribution in [2.75, 3.05) is 13.2 Å². The minimum Gasteiger partial charge on any atom is -0.501 e. The third-order valence-electron chi connectivity index (χ3n) is 2.56. The molecule has 0 aromatic carbocycles. The van der Waals surface area contributed by atoms with Crippen molar-refractivity contribution in [3.05, 3.63) is 11.8 Å². The maximum absolute atomic E-state index is 11.6. The molecule has 0 aliphatic carbocycles. The third kappa shape index (κ3) is 3.50. The van der Waals surface area contributed by atoms with Gasteiger partial charge in [-0.2, -0.15) is 0 Å². The van der Waals surface area contributed by atoms with Gasteiger partial charge in [0.1, 0.15) is 0 Å². The van der Waals surface area contributed by atoms with E-state index in [1.54, 1.807) is 6.26 Å². The van der Waals surface area contributed by atoms with Gasteiger partial charge in [0.25, 0.3) is 0 Å². The molecule has 0 radical (unpaired) electrons. The number of ketones is 1. The van der Waals surface area contributed by atoms with Crippen molar-refractivity contribution >= 4 is 5.78 Å². The summed E-state index contributed by atoms with van der Waals surface area (Å²) in [6.45, 7) is 3.47. The lowest BCUT2D eigenvalue weighted by molar-refractivity contribution is -0.116. The van der Waals surface area contributed by atoms with Crippen LogP contribution in [0.3, 0.4) is 0 Å². The van der Waals surface area contributed by atoms with Crippen LogP contribution in [-0.4, -0.2) is 18.9 Å². The van der Waals surface area contributed by atoms with Crippen molar-refractivity contribution in [3.8, 4) is 0 Å². The molecule has 0 aromatic rings. The summed E-state index contributed by atoms with van der Waals surface area (Å²) in [6, 6.07) is 0. The lowest BCUT2D eigenvalue weighted by atomic mass is 9.98. The standard InChI is InChI=1S/C11H19NO2/c1-9(7-12)4-5-11(13)10-3-2-6-14-8-10/h8-9H,2-7,12H2,1H3. The fraction of sp³-hybridized carbons (Fsp3) is 0.727. The average Bonchev–Trinajstić information content (AvgIpc) is 2.26. The van der Waals surface area contributed by atoms with Gasteiger partial charge in [-0.3, -0.25) is 4.79 Å². The second-order valence-corrected chi connectivity index (χ2v) is 3.92. The van der Waals surface area contributed by atoms with Crippen LogP contribution in [0.4, 0.5) is 0 Å². The zero-order valence-corrected chi connectivity index (χ0v) is 8.79. The Labute approximate surface area is 85.3 Å². The van der Waals surface area contributed by atoms with E-state index in [2.05, 4.69) is 6.92 Å². The highest BCUT2D eigenvalue weighted by Crippen LogP contribution is 2.16. The summed E-state index contributed by atoms with van der Waals surface area (Å²) < 4.78 is 5.13. The van der Waals surface area contributed by atoms with Gasteiger partial charge in [-0.1, -0.05) is 6.92 Å². The zero-order valence-electron chi connectivity index (χ0n) is 8.79. The molecule has 3 nitrogen and oxygen atoms in total. The number of allylic oxidation sites excluding steroid dienone is 1. The molecule has 2 N–H and O–H groups in total. The van der Waals surface area contributed by atoms with E-state index in [1.807, 2.05) is 0 Å². The van der Waals surface area contributed by atoms with Gasteiger partial charge < -0.3 is 10.5 Å². The molecule has 1 heterocycles. The lowest BCUT2D eigenvalue weighted by Crippen LogP contribution is -2.14. The Morgan fingerprint density at radius 3 is 3.07 bits per heavy atom. The van der Waals surface area contributed by atoms with Crippen LogP contribution >= 0.6 is 0 Å². The minimum absolute atomic E-state index is 0.227. The third-order valence-corrected chi connectivity index (χ3v) is 2.56. The summed E-state index contributed by atoms with van der Waals surface area (Å²) >= 11 is 0. The first kappa shape index (κ1) is 11.2. The van der Waals surface area contributed by atoms with E-state index in [1.165, 1.54) is 0 Å². The number of nitrogens with two attached hydrogens (primary N) is 1. The van der Waals surface area contributed by atoms with Crippen molar-refractivity contribution in [1.29, 1.82) is 0 Å². The Bertz CT molecular complexity index is 223. The summed E-state index contributed by atoms with van der Waals surface area (Å²) in [5.74, 6) is 0.661.